The van der Waals surface area contributed by atoms with Crippen molar-refractivity contribution in [2.45, 2.75) is 43.4 Å². The highest BCUT2D eigenvalue weighted by molar-refractivity contribution is 7.71. The maximum atomic E-state index is 12.4. The van der Waals surface area contributed by atoms with Gasteiger partial charge in [0.25, 0.3) is 5.91 Å². The van der Waals surface area contributed by atoms with Gasteiger partial charge in [0, 0.05) is 17.6 Å². The Kier molecular flexibility index (Phi) is 3.39. The fraction of sp³-hybridized carbons (Fsp3) is 0.647. The van der Waals surface area contributed by atoms with Crippen LogP contribution in [0.3, 0.4) is 0 Å². The van der Waals surface area contributed by atoms with E-state index in [2.05, 4.69) is 10.3 Å². The van der Waals surface area contributed by atoms with Crippen LogP contribution in [0.25, 0.3) is 0 Å². The summed E-state index contributed by atoms with van der Waals surface area (Å²) in [5.41, 5.74) is 0.768. The second-order valence-corrected chi connectivity index (χ2v) is 8.92. The molecule has 4 bridgehead atoms. The second kappa shape index (κ2) is 5.07. The first kappa shape index (κ1) is 14.7. The number of alkyl halides is 1. The molecule has 5 heteroatoms. The van der Waals surface area contributed by atoms with Crippen LogP contribution in [0.2, 0.25) is 0 Å². The summed E-state index contributed by atoms with van der Waals surface area (Å²) in [4.78, 5) is 15.3. The minimum absolute atomic E-state index is 0.00148. The number of carbonyl (C=O) groups is 1. The molecule has 2 N–H and O–H groups in total. The summed E-state index contributed by atoms with van der Waals surface area (Å²) in [6.07, 6.45) is 8.93. The summed E-state index contributed by atoms with van der Waals surface area (Å²) in [7, 11) is 0. The van der Waals surface area contributed by atoms with Crippen LogP contribution >= 0.6 is 23.8 Å². The van der Waals surface area contributed by atoms with Crippen LogP contribution in [0.15, 0.2) is 18.3 Å². The number of rotatable bonds is 3. The molecule has 2 atom stereocenters. The highest BCUT2D eigenvalue weighted by Crippen LogP contribution is 2.63. The average Bonchev–Trinajstić information content (AvgIpc) is 2.43. The van der Waals surface area contributed by atoms with Gasteiger partial charge in [0.2, 0.25) is 0 Å². The molecule has 0 spiro atoms. The molecule has 5 rings (SSSR count). The number of H-pyrrole nitrogens is 1. The van der Waals surface area contributed by atoms with Gasteiger partial charge in [-0.05, 0) is 67.9 Å². The molecule has 0 unspecified atom stereocenters. The first-order valence-corrected chi connectivity index (χ1v) is 8.91. The van der Waals surface area contributed by atoms with E-state index in [1.54, 1.807) is 12.3 Å². The van der Waals surface area contributed by atoms with Gasteiger partial charge in [0.15, 0.2) is 0 Å². The first-order chi connectivity index (χ1) is 10.5. The number of hydrogen-bond acceptors (Lipinski definition) is 2. The number of aromatic amines is 1. The summed E-state index contributed by atoms with van der Waals surface area (Å²) in [6.45, 7) is 0.733. The zero-order chi connectivity index (χ0) is 15.4. The molecule has 0 saturated heterocycles. The van der Waals surface area contributed by atoms with Crippen molar-refractivity contribution in [2.24, 2.45) is 17.3 Å². The minimum Gasteiger partial charge on any atom is -0.352 e. The Hall–Kier alpha value is -0.870. The Morgan fingerprint density at radius 3 is 2.73 bits per heavy atom. The third kappa shape index (κ3) is 2.50. The zero-order valence-corrected chi connectivity index (χ0v) is 14.1. The minimum atomic E-state index is -0.0683. The van der Waals surface area contributed by atoms with E-state index in [0.29, 0.717) is 10.2 Å². The second-order valence-electron chi connectivity index (χ2n) is 7.71. The summed E-state index contributed by atoms with van der Waals surface area (Å²) < 4.78 is 0.499. The maximum absolute atomic E-state index is 12.4. The van der Waals surface area contributed by atoms with Crippen molar-refractivity contribution >= 4 is 29.7 Å². The molecule has 4 aliphatic rings. The molecule has 1 aromatic heterocycles. The number of halogens is 1. The van der Waals surface area contributed by atoms with Gasteiger partial charge in [0.05, 0.1) is 5.56 Å². The van der Waals surface area contributed by atoms with E-state index >= 15 is 0 Å². The first-order valence-electron chi connectivity index (χ1n) is 8.12. The maximum Gasteiger partial charge on any atom is 0.254 e. The van der Waals surface area contributed by atoms with E-state index in [4.69, 9.17) is 23.8 Å². The molecule has 118 valence electrons. The van der Waals surface area contributed by atoms with Gasteiger partial charge >= 0.3 is 0 Å². The molecule has 4 saturated carbocycles. The van der Waals surface area contributed by atoms with Crippen molar-refractivity contribution in [3.05, 3.63) is 28.5 Å². The lowest BCUT2D eigenvalue weighted by molar-refractivity contribution is -0.0379. The largest absolute Gasteiger partial charge is 0.352 e. The summed E-state index contributed by atoms with van der Waals surface area (Å²) in [5, 5.41) is 3.13. The summed E-state index contributed by atoms with van der Waals surface area (Å²) in [6, 6.07) is 3.58. The SMILES string of the molecule is O=C(NCC12C[C@H]3C[C@@H](CC(Cl)(C3)C1)C2)c1ccc[nH]c1=S. The van der Waals surface area contributed by atoms with Crippen molar-refractivity contribution in [3.8, 4) is 0 Å². The Labute approximate surface area is 140 Å². The number of carbonyl (C=O) groups excluding carboxylic acids is 1. The fourth-order valence-electron chi connectivity index (χ4n) is 5.51. The van der Waals surface area contributed by atoms with Gasteiger partial charge in [0.1, 0.15) is 4.64 Å². The molecule has 4 aliphatic carbocycles. The number of amides is 1. The normalized spacial score (nSPS) is 39.0. The van der Waals surface area contributed by atoms with Gasteiger partial charge in [-0.3, -0.25) is 4.79 Å². The van der Waals surface area contributed by atoms with E-state index in [1.165, 1.54) is 32.1 Å². The molecule has 1 amide bonds. The third-order valence-electron chi connectivity index (χ3n) is 5.80. The van der Waals surface area contributed by atoms with E-state index in [9.17, 15) is 4.79 Å². The Balaban J connectivity index is 1.49. The highest BCUT2D eigenvalue weighted by Gasteiger charge is 2.56. The highest BCUT2D eigenvalue weighted by atomic mass is 35.5. The quantitative estimate of drug-likeness (QED) is 0.646. The zero-order valence-electron chi connectivity index (χ0n) is 12.5. The van der Waals surface area contributed by atoms with Crippen LogP contribution < -0.4 is 5.32 Å². The predicted molar refractivity (Wildman–Crippen MR) is 89.7 cm³/mol. The van der Waals surface area contributed by atoms with Crippen LogP contribution in [0, 0.1) is 21.9 Å². The molecule has 3 nitrogen and oxygen atoms in total. The van der Waals surface area contributed by atoms with E-state index < -0.39 is 0 Å². The Morgan fingerprint density at radius 1 is 1.36 bits per heavy atom. The molecule has 1 heterocycles. The van der Waals surface area contributed by atoms with Gasteiger partial charge in [-0.25, -0.2) is 0 Å². The van der Waals surface area contributed by atoms with Gasteiger partial charge in [-0.1, -0.05) is 12.2 Å². The number of aromatic nitrogens is 1. The van der Waals surface area contributed by atoms with Crippen LogP contribution in [0.1, 0.15) is 48.9 Å². The average molecular weight is 337 g/mol. The predicted octanol–water partition coefficient (Wildman–Crippen LogP) is 4.05. The molecule has 0 aliphatic heterocycles. The van der Waals surface area contributed by atoms with Crippen LogP contribution in [0.5, 0.6) is 0 Å². The van der Waals surface area contributed by atoms with Crippen molar-refractivity contribution in [1.82, 2.24) is 10.3 Å². The smallest absolute Gasteiger partial charge is 0.254 e. The van der Waals surface area contributed by atoms with Gasteiger partial charge in [-0.2, -0.15) is 0 Å². The van der Waals surface area contributed by atoms with E-state index in [-0.39, 0.29) is 16.2 Å². The molecule has 0 radical (unpaired) electrons. The van der Waals surface area contributed by atoms with Gasteiger partial charge in [-0.15, -0.1) is 11.6 Å². The topological polar surface area (TPSA) is 44.9 Å². The van der Waals surface area contributed by atoms with Crippen LogP contribution in [-0.4, -0.2) is 22.3 Å². The van der Waals surface area contributed by atoms with E-state index in [1.807, 2.05) is 6.07 Å². The lowest BCUT2D eigenvalue weighted by Crippen LogP contribution is -2.56. The monoisotopic (exact) mass is 336 g/mol. The standard InChI is InChI=1S/C17H21ClN2OS/c18-17-7-11-4-12(8-17)6-16(5-11,9-17)10-20-14(21)13-2-1-3-19-15(13)22/h1-3,11-12H,4-10H2,(H,19,22)(H,20,21)/t11-,12-,16?,17?/m1/s1. The van der Waals surface area contributed by atoms with Crippen molar-refractivity contribution in [2.75, 3.05) is 6.54 Å². The lowest BCUT2D eigenvalue weighted by atomic mass is 9.49. The third-order valence-corrected chi connectivity index (χ3v) is 6.58. The van der Waals surface area contributed by atoms with Crippen LogP contribution in [0.4, 0.5) is 0 Å². The number of nitrogens with one attached hydrogen (secondary N) is 2. The molecule has 22 heavy (non-hydrogen) atoms. The van der Waals surface area contributed by atoms with Crippen molar-refractivity contribution in [1.29, 1.82) is 0 Å². The number of pyridine rings is 1. The van der Waals surface area contributed by atoms with Crippen molar-refractivity contribution < 1.29 is 4.79 Å². The van der Waals surface area contributed by atoms with Gasteiger partial charge < -0.3 is 10.3 Å². The van der Waals surface area contributed by atoms with E-state index in [0.717, 1.165) is 24.8 Å². The Morgan fingerprint density at radius 2 is 2.09 bits per heavy atom. The molecule has 4 fully saturated rings. The summed E-state index contributed by atoms with van der Waals surface area (Å²) >= 11 is 12.0. The lowest BCUT2D eigenvalue weighted by Gasteiger charge is -2.60. The number of hydrogen-bond donors (Lipinski definition) is 2. The van der Waals surface area contributed by atoms with Crippen LogP contribution in [-0.2, 0) is 0 Å². The molecule has 0 aromatic carbocycles. The molecular formula is C17H21ClN2OS. The Bertz CT molecular complexity index is 657. The van der Waals surface area contributed by atoms with Crippen molar-refractivity contribution in [3.63, 3.8) is 0 Å². The summed E-state index contributed by atoms with van der Waals surface area (Å²) in [5.74, 6) is 1.45. The fourth-order valence-corrected chi connectivity index (χ4v) is 6.45. The molecule has 1 aromatic rings. The molecular weight excluding hydrogens is 316 g/mol.